The van der Waals surface area contributed by atoms with Gasteiger partial charge in [0.15, 0.2) is 5.65 Å². The summed E-state index contributed by atoms with van der Waals surface area (Å²) >= 11 is 7.12. The van der Waals surface area contributed by atoms with Crippen LogP contribution in [-0.2, 0) is 0 Å². The maximum absolute atomic E-state index is 4.65. The van der Waals surface area contributed by atoms with Crippen LogP contribution in [0.25, 0.3) is 16.9 Å². The van der Waals surface area contributed by atoms with Crippen molar-refractivity contribution in [1.82, 2.24) is 9.38 Å². The van der Waals surface area contributed by atoms with Gasteiger partial charge in [0.1, 0.15) is 10.3 Å². The molecule has 4 heteroatoms. The monoisotopic (exact) mass is 350 g/mol. The second-order valence-electron chi connectivity index (χ2n) is 3.67. The molecular formula is C13H8Br2N2. The molecule has 0 aliphatic carbocycles. The van der Waals surface area contributed by atoms with Crippen molar-refractivity contribution in [2.24, 2.45) is 0 Å². The number of halogens is 2. The van der Waals surface area contributed by atoms with Gasteiger partial charge in [0.05, 0.1) is 4.47 Å². The molecule has 0 bridgehead atoms. The van der Waals surface area contributed by atoms with E-state index >= 15 is 0 Å². The number of fused-ring (bicyclic) bond motifs is 1. The van der Waals surface area contributed by atoms with Crippen molar-refractivity contribution in [1.29, 1.82) is 0 Å². The van der Waals surface area contributed by atoms with Gasteiger partial charge in [0.2, 0.25) is 0 Å². The number of rotatable bonds is 1. The molecule has 0 saturated carbocycles. The lowest BCUT2D eigenvalue weighted by Crippen LogP contribution is -1.83. The van der Waals surface area contributed by atoms with Crippen LogP contribution in [0.1, 0.15) is 0 Å². The van der Waals surface area contributed by atoms with Crippen LogP contribution in [0, 0.1) is 0 Å². The number of aromatic nitrogens is 2. The maximum atomic E-state index is 4.65. The van der Waals surface area contributed by atoms with Crippen LogP contribution < -0.4 is 0 Å². The van der Waals surface area contributed by atoms with E-state index in [0.717, 1.165) is 26.0 Å². The third kappa shape index (κ3) is 1.81. The second-order valence-corrected chi connectivity index (χ2v) is 5.27. The van der Waals surface area contributed by atoms with E-state index < -0.39 is 0 Å². The molecule has 17 heavy (non-hydrogen) atoms. The average Bonchev–Trinajstić information content (AvgIpc) is 2.70. The van der Waals surface area contributed by atoms with E-state index in [1.165, 1.54) is 0 Å². The molecule has 2 nitrogen and oxygen atoms in total. The number of nitrogens with zero attached hydrogens (tertiary/aromatic N) is 2. The topological polar surface area (TPSA) is 17.3 Å². The Kier molecular flexibility index (Phi) is 2.76. The molecule has 84 valence electrons. The van der Waals surface area contributed by atoms with E-state index in [4.69, 9.17) is 0 Å². The molecule has 0 saturated heterocycles. The summed E-state index contributed by atoms with van der Waals surface area (Å²) in [6.45, 7) is 0. The maximum Gasteiger partial charge on any atom is 0.152 e. The summed E-state index contributed by atoms with van der Waals surface area (Å²) in [5.74, 6) is 0. The minimum absolute atomic E-state index is 0.915. The zero-order valence-electron chi connectivity index (χ0n) is 8.77. The smallest absolute Gasteiger partial charge is 0.152 e. The van der Waals surface area contributed by atoms with Crippen molar-refractivity contribution >= 4 is 37.5 Å². The lowest BCUT2D eigenvalue weighted by molar-refractivity contribution is 1.15. The number of imidazole rings is 1. The van der Waals surface area contributed by atoms with Gasteiger partial charge in [-0.1, -0.05) is 30.3 Å². The van der Waals surface area contributed by atoms with E-state index in [1.807, 2.05) is 40.9 Å². The van der Waals surface area contributed by atoms with Crippen LogP contribution in [0.4, 0.5) is 0 Å². The lowest BCUT2D eigenvalue weighted by atomic mass is 10.2. The Morgan fingerprint density at radius 3 is 2.41 bits per heavy atom. The van der Waals surface area contributed by atoms with Gasteiger partial charge in [-0.15, -0.1) is 0 Å². The van der Waals surface area contributed by atoms with E-state index in [-0.39, 0.29) is 0 Å². The van der Waals surface area contributed by atoms with Gasteiger partial charge >= 0.3 is 0 Å². The molecule has 2 heterocycles. The van der Waals surface area contributed by atoms with Crippen LogP contribution in [0.15, 0.2) is 57.7 Å². The fraction of sp³-hybridized carbons (Fsp3) is 0. The molecule has 0 N–H and O–H groups in total. The minimum atomic E-state index is 0.915. The minimum Gasteiger partial charge on any atom is -0.293 e. The highest BCUT2D eigenvalue weighted by molar-refractivity contribution is 9.11. The normalized spacial score (nSPS) is 10.9. The third-order valence-corrected chi connectivity index (χ3v) is 3.97. The highest BCUT2D eigenvalue weighted by atomic mass is 79.9. The van der Waals surface area contributed by atoms with E-state index in [1.54, 1.807) is 0 Å². The van der Waals surface area contributed by atoms with Gasteiger partial charge in [-0.2, -0.15) is 0 Å². The Morgan fingerprint density at radius 2 is 1.71 bits per heavy atom. The molecule has 0 radical (unpaired) electrons. The van der Waals surface area contributed by atoms with Crippen LogP contribution in [0.3, 0.4) is 0 Å². The standard InChI is InChI=1S/C13H8Br2N2/c14-10-7-4-8-17-12(15)11(16-13(10)17)9-5-2-1-3-6-9/h1-8H. The first-order chi connectivity index (χ1) is 8.27. The number of hydrogen-bond acceptors (Lipinski definition) is 1. The molecule has 0 unspecified atom stereocenters. The number of benzene rings is 1. The largest absolute Gasteiger partial charge is 0.293 e. The molecule has 3 rings (SSSR count). The van der Waals surface area contributed by atoms with Gasteiger partial charge in [0, 0.05) is 11.8 Å². The molecular weight excluding hydrogens is 344 g/mol. The Hall–Kier alpha value is -1.13. The van der Waals surface area contributed by atoms with Crippen LogP contribution >= 0.6 is 31.9 Å². The quantitative estimate of drug-likeness (QED) is 0.629. The van der Waals surface area contributed by atoms with E-state index in [2.05, 4.69) is 49.0 Å². The molecule has 0 amide bonds. The Bertz CT molecular complexity index is 674. The van der Waals surface area contributed by atoms with Crippen LogP contribution in [0.5, 0.6) is 0 Å². The molecule has 0 atom stereocenters. The summed E-state index contributed by atoms with van der Waals surface area (Å²) in [4.78, 5) is 4.65. The molecule has 3 aromatic rings. The van der Waals surface area contributed by atoms with Crippen LogP contribution in [0.2, 0.25) is 0 Å². The molecule has 0 aliphatic heterocycles. The SMILES string of the molecule is Brc1cccn2c(Br)c(-c3ccccc3)nc12. The zero-order valence-corrected chi connectivity index (χ0v) is 11.9. The highest BCUT2D eigenvalue weighted by Gasteiger charge is 2.12. The molecule has 0 aliphatic rings. The Balaban J connectivity index is 2.32. The van der Waals surface area contributed by atoms with Gasteiger partial charge in [0.25, 0.3) is 0 Å². The van der Waals surface area contributed by atoms with Gasteiger partial charge in [-0.3, -0.25) is 4.40 Å². The first kappa shape index (κ1) is 11.0. The van der Waals surface area contributed by atoms with E-state index in [9.17, 15) is 0 Å². The fourth-order valence-electron chi connectivity index (χ4n) is 1.79. The third-order valence-electron chi connectivity index (χ3n) is 2.59. The van der Waals surface area contributed by atoms with Crippen molar-refractivity contribution in [3.8, 4) is 11.3 Å². The highest BCUT2D eigenvalue weighted by Crippen LogP contribution is 2.30. The molecule has 0 spiro atoms. The number of hydrogen-bond donors (Lipinski definition) is 0. The predicted octanol–water partition coefficient (Wildman–Crippen LogP) is 4.53. The predicted molar refractivity (Wildman–Crippen MR) is 76.0 cm³/mol. The van der Waals surface area contributed by atoms with E-state index in [0.29, 0.717) is 0 Å². The van der Waals surface area contributed by atoms with Crippen molar-refractivity contribution in [3.05, 3.63) is 57.7 Å². The summed E-state index contributed by atoms with van der Waals surface area (Å²) in [6, 6.07) is 14.1. The fourth-order valence-corrected chi connectivity index (χ4v) is 2.82. The molecule has 2 aromatic heterocycles. The van der Waals surface area contributed by atoms with Gasteiger partial charge < -0.3 is 0 Å². The first-order valence-electron chi connectivity index (χ1n) is 5.15. The number of pyridine rings is 1. The molecule has 1 aromatic carbocycles. The summed E-state index contributed by atoms with van der Waals surface area (Å²) < 4.78 is 3.98. The second kappa shape index (κ2) is 4.27. The first-order valence-corrected chi connectivity index (χ1v) is 6.73. The lowest BCUT2D eigenvalue weighted by Gasteiger charge is -1.97. The average molecular weight is 352 g/mol. The van der Waals surface area contributed by atoms with Crippen molar-refractivity contribution in [3.63, 3.8) is 0 Å². The van der Waals surface area contributed by atoms with Crippen molar-refractivity contribution in [2.45, 2.75) is 0 Å². The van der Waals surface area contributed by atoms with Crippen molar-refractivity contribution in [2.75, 3.05) is 0 Å². The summed E-state index contributed by atoms with van der Waals surface area (Å²) in [7, 11) is 0. The summed E-state index contributed by atoms with van der Waals surface area (Å²) in [6.07, 6.45) is 1.99. The van der Waals surface area contributed by atoms with Crippen molar-refractivity contribution < 1.29 is 0 Å². The summed E-state index contributed by atoms with van der Waals surface area (Å²) in [5, 5.41) is 0. The Morgan fingerprint density at radius 1 is 0.941 bits per heavy atom. The summed E-state index contributed by atoms with van der Waals surface area (Å²) in [5.41, 5.74) is 2.98. The molecule has 0 fully saturated rings. The van der Waals surface area contributed by atoms with Gasteiger partial charge in [-0.25, -0.2) is 4.98 Å². The Labute approximate surface area is 116 Å². The van der Waals surface area contributed by atoms with Crippen LogP contribution in [-0.4, -0.2) is 9.38 Å². The van der Waals surface area contributed by atoms with Gasteiger partial charge in [-0.05, 0) is 44.0 Å². The zero-order chi connectivity index (χ0) is 11.8.